The van der Waals surface area contributed by atoms with E-state index in [1.165, 1.54) is 11.8 Å². The fourth-order valence-electron chi connectivity index (χ4n) is 3.03. The maximum atomic E-state index is 12.4. The van der Waals surface area contributed by atoms with Crippen molar-refractivity contribution in [1.29, 1.82) is 0 Å². The Morgan fingerprint density at radius 2 is 1.77 bits per heavy atom. The van der Waals surface area contributed by atoms with Gasteiger partial charge in [-0.15, -0.1) is 10.2 Å². The molecule has 1 N–H and O–H groups in total. The average molecular weight is 432 g/mol. The van der Waals surface area contributed by atoms with Crippen LogP contribution in [0.2, 0.25) is 0 Å². The molecule has 2 aromatic carbocycles. The van der Waals surface area contributed by atoms with Crippen molar-refractivity contribution in [1.82, 2.24) is 25.1 Å². The van der Waals surface area contributed by atoms with Crippen LogP contribution in [0.1, 0.15) is 5.56 Å². The van der Waals surface area contributed by atoms with E-state index < -0.39 is 0 Å². The Kier molecular flexibility index (Phi) is 6.59. The van der Waals surface area contributed by atoms with E-state index in [0.29, 0.717) is 29.0 Å². The number of thioether (sulfide) groups is 1. The summed E-state index contributed by atoms with van der Waals surface area (Å²) in [6, 6.07) is 23.0. The molecule has 156 valence electrons. The number of rotatable bonds is 8. The van der Waals surface area contributed by atoms with E-state index in [2.05, 4.69) is 20.5 Å². The van der Waals surface area contributed by atoms with Crippen molar-refractivity contribution in [3.63, 3.8) is 0 Å². The number of aromatic nitrogens is 4. The van der Waals surface area contributed by atoms with Gasteiger partial charge in [0.15, 0.2) is 11.0 Å². The number of para-hydroxylation sites is 2. The monoisotopic (exact) mass is 431 g/mol. The third kappa shape index (κ3) is 4.92. The van der Waals surface area contributed by atoms with Gasteiger partial charge in [-0.2, -0.15) is 0 Å². The van der Waals surface area contributed by atoms with Crippen molar-refractivity contribution in [2.45, 2.75) is 11.7 Å². The Hall–Kier alpha value is -3.65. The van der Waals surface area contributed by atoms with E-state index in [1.807, 2.05) is 77.4 Å². The highest BCUT2D eigenvalue weighted by Gasteiger charge is 2.20. The second-order valence-corrected chi connectivity index (χ2v) is 7.52. The fourth-order valence-corrected chi connectivity index (χ4v) is 3.81. The zero-order chi connectivity index (χ0) is 21.5. The van der Waals surface area contributed by atoms with Gasteiger partial charge in [-0.25, -0.2) is 0 Å². The Morgan fingerprint density at radius 3 is 2.55 bits per heavy atom. The van der Waals surface area contributed by atoms with E-state index in [9.17, 15) is 4.79 Å². The molecule has 2 aromatic heterocycles. The number of methoxy groups -OCH3 is 1. The Morgan fingerprint density at radius 1 is 1.00 bits per heavy atom. The first-order valence-electron chi connectivity index (χ1n) is 9.70. The second kappa shape index (κ2) is 9.90. The zero-order valence-electron chi connectivity index (χ0n) is 16.9. The van der Waals surface area contributed by atoms with Crippen LogP contribution in [0, 0.1) is 0 Å². The van der Waals surface area contributed by atoms with E-state index in [1.54, 1.807) is 13.3 Å². The van der Waals surface area contributed by atoms with Gasteiger partial charge >= 0.3 is 0 Å². The van der Waals surface area contributed by atoms with Gasteiger partial charge in [0.05, 0.1) is 18.6 Å². The molecule has 0 fully saturated rings. The molecule has 0 saturated carbocycles. The van der Waals surface area contributed by atoms with Gasteiger partial charge in [0.1, 0.15) is 11.4 Å². The second-order valence-electron chi connectivity index (χ2n) is 6.58. The number of amides is 1. The molecule has 0 saturated heterocycles. The smallest absolute Gasteiger partial charge is 0.230 e. The van der Waals surface area contributed by atoms with Crippen LogP contribution in [-0.4, -0.2) is 38.5 Å². The number of nitrogens with one attached hydrogen (secondary N) is 1. The molecule has 1 amide bonds. The quantitative estimate of drug-likeness (QED) is 0.428. The van der Waals surface area contributed by atoms with E-state index in [0.717, 1.165) is 11.3 Å². The summed E-state index contributed by atoms with van der Waals surface area (Å²) in [5.74, 6) is 1.39. The van der Waals surface area contributed by atoms with Crippen molar-refractivity contribution >= 4 is 17.7 Å². The van der Waals surface area contributed by atoms with Gasteiger partial charge < -0.3 is 10.1 Å². The fraction of sp³-hybridized carbons (Fsp3) is 0.130. The number of benzene rings is 2. The highest BCUT2D eigenvalue weighted by molar-refractivity contribution is 7.99. The molecule has 0 radical (unpaired) electrons. The number of hydrogen-bond acceptors (Lipinski definition) is 6. The molecule has 7 nitrogen and oxygen atoms in total. The Labute approximate surface area is 184 Å². The average Bonchev–Trinajstić information content (AvgIpc) is 3.26. The van der Waals surface area contributed by atoms with Gasteiger partial charge in [0.25, 0.3) is 0 Å². The third-order valence-electron chi connectivity index (χ3n) is 4.52. The number of hydrogen-bond donors (Lipinski definition) is 1. The molecule has 4 rings (SSSR count). The summed E-state index contributed by atoms with van der Waals surface area (Å²) in [5.41, 5.74) is 2.51. The molecule has 0 aliphatic carbocycles. The van der Waals surface area contributed by atoms with Crippen molar-refractivity contribution in [3.05, 3.63) is 84.6 Å². The molecule has 2 heterocycles. The van der Waals surface area contributed by atoms with Crippen LogP contribution >= 0.6 is 11.8 Å². The first kappa shape index (κ1) is 20.6. The number of carbonyl (C=O) groups is 1. The summed E-state index contributed by atoms with van der Waals surface area (Å²) in [7, 11) is 1.62. The molecular formula is C23H21N5O2S. The lowest BCUT2D eigenvalue weighted by Crippen LogP contribution is -2.24. The summed E-state index contributed by atoms with van der Waals surface area (Å²) in [6.07, 6.45) is 1.71. The molecule has 0 spiro atoms. The number of nitrogens with zero attached hydrogens (tertiary/aromatic N) is 4. The predicted octanol–water partition coefficient (Wildman–Crippen LogP) is 3.75. The molecule has 0 atom stereocenters. The van der Waals surface area contributed by atoms with E-state index >= 15 is 0 Å². The van der Waals surface area contributed by atoms with Crippen LogP contribution < -0.4 is 10.1 Å². The molecule has 0 bridgehead atoms. The van der Waals surface area contributed by atoms with Gasteiger partial charge in [0, 0.05) is 12.7 Å². The minimum absolute atomic E-state index is 0.0807. The number of pyridine rings is 1. The van der Waals surface area contributed by atoms with Crippen LogP contribution in [0.3, 0.4) is 0 Å². The minimum atomic E-state index is -0.0807. The van der Waals surface area contributed by atoms with Gasteiger partial charge in [0.2, 0.25) is 5.91 Å². The topological polar surface area (TPSA) is 81.9 Å². The minimum Gasteiger partial charge on any atom is -0.495 e. The Bertz CT molecular complexity index is 1150. The largest absolute Gasteiger partial charge is 0.495 e. The predicted molar refractivity (Wildman–Crippen MR) is 120 cm³/mol. The maximum Gasteiger partial charge on any atom is 0.230 e. The van der Waals surface area contributed by atoms with Crippen LogP contribution in [-0.2, 0) is 11.3 Å². The maximum absolute atomic E-state index is 12.4. The normalized spacial score (nSPS) is 10.6. The third-order valence-corrected chi connectivity index (χ3v) is 5.45. The lowest BCUT2D eigenvalue weighted by molar-refractivity contribution is -0.118. The summed E-state index contributed by atoms with van der Waals surface area (Å²) in [6.45, 7) is 0.485. The lowest BCUT2D eigenvalue weighted by atomic mass is 10.2. The van der Waals surface area contributed by atoms with Crippen molar-refractivity contribution in [3.8, 4) is 23.0 Å². The van der Waals surface area contributed by atoms with Crippen molar-refractivity contribution in [2.24, 2.45) is 0 Å². The Balaban J connectivity index is 1.57. The molecule has 31 heavy (non-hydrogen) atoms. The summed E-state index contributed by atoms with van der Waals surface area (Å²) in [5, 5.41) is 12.2. The first-order chi connectivity index (χ1) is 15.3. The summed E-state index contributed by atoms with van der Waals surface area (Å²) >= 11 is 1.31. The first-order valence-corrected chi connectivity index (χ1v) is 10.7. The van der Waals surface area contributed by atoms with E-state index in [4.69, 9.17) is 4.74 Å². The SMILES string of the molecule is COc1ccccc1-n1c(SCC(=O)NCc2ccccc2)nnc1-c1ccccn1. The van der Waals surface area contributed by atoms with Crippen molar-refractivity contribution < 1.29 is 9.53 Å². The number of ether oxygens (including phenoxy) is 1. The van der Waals surface area contributed by atoms with E-state index in [-0.39, 0.29) is 11.7 Å². The molecule has 4 aromatic rings. The van der Waals surface area contributed by atoms with Crippen LogP contribution in [0.5, 0.6) is 5.75 Å². The molecule has 0 unspecified atom stereocenters. The summed E-state index contributed by atoms with van der Waals surface area (Å²) in [4.78, 5) is 16.8. The highest BCUT2D eigenvalue weighted by atomic mass is 32.2. The molecule has 0 aliphatic rings. The standard InChI is InChI=1S/C23H21N5O2S/c1-30-20-13-6-5-12-19(20)28-22(18-11-7-8-14-24-18)26-27-23(28)31-16-21(29)25-15-17-9-3-2-4-10-17/h2-14H,15-16H2,1H3,(H,25,29). The van der Waals surface area contributed by atoms with Gasteiger partial charge in [-0.05, 0) is 29.8 Å². The lowest BCUT2D eigenvalue weighted by Gasteiger charge is -2.13. The molecule has 0 aliphatic heterocycles. The van der Waals surface area contributed by atoms with Crippen LogP contribution in [0.4, 0.5) is 0 Å². The molecule has 8 heteroatoms. The van der Waals surface area contributed by atoms with Crippen LogP contribution in [0.15, 0.2) is 84.1 Å². The van der Waals surface area contributed by atoms with Crippen molar-refractivity contribution in [2.75, 3.05) is 12.9 Å². The number of carbonyl (C=O) groups excluding carboxylic acids is 1. The highest BCUT2D eigenvalue weighted by Crippen LogP contribution is 2.31. The molecular weight excluding hydrogens is 410 g/mol. The summed E-state index contributed by atoms with van der Waals surface area (Å²) < 4.78 is 7.41. The van der Waals surface area contributed by atoms with Gasteiger partial charge in [-0.1, -0.05) is 60.3 Å². The zero-order valence-corrected chi connectivity index (χ0v) is 17.7. The van der Waals surface area contributed by atoms with Crippen LogP contribution in [0.25, 0.3) is 17.2 Å². The van der Waals surface area contributed by atoms with Gasteiger partial charge in [-0.3, -0.25) is 14.3 Å².